The molecule has 0 saturated heterocycles. The number of halogens is 2. The first-order valence-electron chi connectivity index (χ1n) is 6.27. The highest BCUT2D eigenvalue weighted by Gasteiger charge is 2.10. The van der Waals surface area contributed by atoms with E-state index in [9.17, 15) is 18.4 Å². The monoisotopic (exact) mass is 306 g/mol. The molecule has 2 N–H and O–H groups in total. The van der Waals surface area contributed by atoms with Crippen molar-refractivity contribution < 1.29 is 23.1 Å². The average Bonchev–Trinajstić information content (AvgIpc) is 2.47. The molecular formula is C15H12F2N2O3. The number of urea groups is 1. The van der Waals surface area contributed by atoms with Crippen LogP contribution in [0.15, 0.2) is 54.6 Å². The van der Waals surface area contributed by atoms with E-state index in [2.05, 4.69) is 15.4 Å². The van der Waals surface area contributed by atoms with E-state index in [0.717, 1.165) is 0 Å². The van der Waals surface area contributed by atoms with E-state index in [4.69, 9.17) is 0 Å². The van der Waals surface area contributed by atoms with E-state index in [-0.39, 0.29) is 11.4 Å². The van der Waals surface area contributed by atoms with Gasteiger partial charge < -0.3 is 10.1 Å². The smallest absolute Gasteiger partial charge is 0.387 e. The Morgan fingerprint density at radius 3 is 2.41 bits per heavy atom. The fourth-order valence-corrected chi connectivity index (χ4v) is 1.68. The van der Waals surface area contributed by atoms with Crippen LogP contribution in [0.5, 0.6) is 5.75 Å². The third-order valence-corrected chi connectivity index (χ3v) is 2.58. The number of hydrogen-bond acceptors (Lipinski definition) is 3. The normalized spacial score (nSPS) is 10.1. The van der Waals surface area contributed by atoms with Crippen LogP contribution in [0.1, 0.15) is 10.4 Å². The number of carbonyl (C=O) groups excluding carboxylic acids is 2. The van der Waals surface area contributed by atoms with Gasteiger partial charge in [0.1, 0.15) is 5.75 Å². The predicted molar refractivity (Wildman–Crippen MR) is 76.0 cm³/mol. The van der Waals surface area contributed by atoms with Crippen molar-refractivity contribution in [3.63, 3.8) is 0 Å². The lowest BCUT2D eigenvalue weighted by atomic mass is 10.2. The van der Waals surface area contributed by atoms with Gasteiger partial charge in [-0.15, -0.1) is 0 Å². The molecule has 0 atom stereocenters. The standard InChI is InChI=1S/C15H12F2N2O3/c16-14(17)22-12-8-4-7-11(9-12)18-15(21)19-13(20)10-5-2-1-3-6-10/h1-9,14H,(H2,18,19,20,21). The first kappa shape index (κ1) is 15.4. The van der Waals surface area contributed by atoms with Gasteiger partial charge in [-0.25, -0.2) is 4.79 Å². The molecule has 22 heavy (non-hydrogen) atoms. The highest BCUT2D eigenvalue weighted by molar-refractivity contribution is 6.07. The Kier molecular flexibility index (Phi) is 5.02. The second kappa shape index (κ2) is 7.16. The zero-order valence-electron chi connectivity index (χ0n) is 11.3. The van der Waals surface area contributed by atoms with E-state index < -0.39 is 18.5 Å². The fourth-order valence-electron chi connectivity index (χ4n) is 1.68. The van der Waals surface area contributed by atoms with Crippen molar-refractivity contribution in [2.75, 3.05) is 5.32 Å². The van der Waals surface area contributed by atoms with Crippen LogP contribution < -0.4 is 15.4 Å². The molecule has 3 amide bonds. The largest absolute Gasteiger partial charge is 0.435 e. The molecule has 0 heterocycles. The Morgan fingerprint density at radius 2 is 1.73 bits per heavy atom. The second-order valence-corrected chi connectivity index (χ2v) is 4.18. The van der Waals surface area contributed by atoms with Crippen molar-refractivity contribution in [2.24, 2.45) is 0 Å². The minimum Gasteiger partial charge on any atom is -0.435 e. The minimum atomic E-state index is -2.95. The van der Waals surface area contributed by atoms with Crippen molar-refractivity contribution >= 4 is 17.6 Å². The molecule has 0 saturated carbocycles. The first-order chi connectivity index (χ1) is 10.5. The number of amides is 3. The molecule has 0 aliphatic carbocycles. The van der Waals surface area contributed by atoms with Gasteiger partial charge in [0, 0.05) is 17.3 Å². The number of imide groups is 1. The molecule has 5 nitrogen and oxygen atoms in total. The Balaban J connectivity index is 1.96. The number of ether oxygens (including phenoxy) is 1. The molecule has 2 rings (SSSR count). The molecule has 0 aromatic heterocycles. The van der Waals surface area contributed by atoms with Crippen LogP contribution in [0.2, 0.25) is 0 Å². The lowest BCUT2D eigenvalue weighted by Gasteiger charge is -2.09. The summed E-state index contributed by atoms with van der Waals surface area (Å²) in [6, 6.07) is 12.9. The minimum absolute atomic E-state index is 0.0952. The molecule has 0 radical (unpaired) electrons. The molecule has 114 valence electrons. The van der Waals surface area contributed by atoms with Crippen LogP contribution in [-0.4, -0.2) is 18.5 Å². The van der Waals surface area contributed by atoms with Crippen LogP contribution in [-0.2, 0) is 0 Å². The van der Waals surface area contributed by atoms with Crippen LogP contribution >= 0.6 is 0 Å². The van der Waals surface area contributed by atoms with Crippen LogP contribution in [0.3, 0.4) is 0 Å². The van der Waals surface area contributed by atoms with Gasteiger partial charge in [-0.3, -0.25) is 10.1 Å². The third-order valence-electron chi connectivity index (χ3n) is 2.58. The van der Waals surface area contributed by atoms with E-state index in [1.165, 1.54) is 24.3 Å². The molecular weight excluding hydrogens is 294 g/mol. The summed E-state index contributed by atoms with van der Waals surface area (Å²) in [5.74, 6) is -0.666. The molecule has 2 aromatic rings. The molecule has 0 aliphatic rings. The molecule has 0 bridgehead atoms. The summed E-state index contributed by atoms with van der Waals surface area (Å²) in [6.45, 7) is -2.95. The number of alkyl halides is 2. The SMILES string of the molecule is O=C(NC(=O)c1ccccc1)Nc1cccc(OC(F)F)c1. The number of carbonyl (C=O) groups is 2. The average molecular weight is 306 g/mol. The van der Waals surface area contributed by atoms with Crippen molar-refractivity contribution in [1.82, 2.24) is 5.32 Å². The summed E-state index contributed by atoms with van der Waals surface area (Å²) in [4.78, 5) is 23.5. The number of hydrogen-bond donors (Lipinski definition) is 2. The lowest BCUT2D eigenvalue weighted by molar-refractivity contribution is -0.0498. The maximum Gasteiger partial charge on any atom is 0.387 e. The Morgan fingerprint density at radius 1 is 1.00 bits per heavy atom. The van der Waals surface area contributed by atoms with Gasteiger partial charge in [0.2, 0.25) is 0 Å². The molecule has 0 aliphatic heterocycles. The van der Waals surface area contributed by atoms with E-state index in [0.29, 0.717) is 5.56 Å². The maximum absolute atomic E-state index is 12.1. The summed E-state index contributed by atoms with van der Waals surface area (Å²) in [6.07, 6.45) is 0. The molecule has 0 unspecified atom stereocenters. The predicted octanol–water partition coefficient (Wildman–Crippen LogP) is 3.25. The molecule has 0 spiro atoms. The van der Waals surface area contributed by atoms with Gasteiger partial charge in [-0.1, -0.05) is 24.3 Å². The van der Waals surface area contributed by atoms with Gasteiger partial charge in [-0.05, 0) is 24.3 Å². The van der Waals surface area contributed by atoms with Crippen LogP contribution in [0.25, 0.3) is 0 Å². The Labute approximate surface area is 124 Å². The van der Waals surface area contributed by atoms with Gasteiger partial charge >= 0.3 is 12.6 Å². The van der Waals surface area contributed by atoms with Crippen molar-refractivity contribution in [1.29, 1.82) is 0 Å². The van der Waals surface area contributed by atoms with Gasteiger partial charge in [0.05, 0.1) is 0 Å². The number of anilines is 1. The third kappa shape index (κ3) is 4.55. The van der Waals surface area contributed by atoms with Gasteiger partial charge in [0.25, 0.3) is 5.91 Å². The molecule has 7 heteroatoms. The summed E-state index contributed by atoms with van der Waals surface area (Å²) in [5.41, 5.74) is 0.545. The topological polar surface area (TPSA) is 67.4 Å². The zero-order valence-corrected chi connectivity index (χ0v) is 11.3. The highest BCUT2D eigenvalue weighted by atomic mass is 19.3. The van der Waals surface area contributed by atoms with Gasteiger partial charge in [0.15, 0.2) is 0 Å². The van der Waals surface area contributed by atoms with Crippen LogP contribution in [0.4, 0.5) is 19.3 Å². The number of benzene rings is 2. The quantitative estimate of drug-likeness (QED) is 0.911. The highest BCUT2D eigenvalue weighted by Crippen LogP contribution is 2.19. The molecule has 0 fully saturated rings. The number of rotatable bonds is 4. The second-order valence-electron chi connectivity index (χ2n) is 4.18. The fraction of sp³-hybridized carbons (Fsp3) is 0.0667. The van der Waals surface area contributed by atoms with Crippen molar-refractivity contribution in [3.05, 3.63) is 60.2 Å². The van der Waals surface area contributed by atoms with E-state index in [1.54, 1.807) is 30.3 Å². The van der Waals surface area contributed by atoms with Crippen molar-refractivity contribution in [2.45, 2.75) is 6.61 Å². The first-order valence-corrected chi connectivity index (χ1v) is 6.27. The number of nitrogens with one attached hydrogen (secondary N) is 2. The summed E-state index contributed by atoms with van der Waals surface area (Å²) >= 11 is 0. The van der Waals surface area contributed by atoms with Gasteiger partial charge in [-0.2, -0.15) is 8.78 Å². The Hall–Kier alpha value is -2.96. The Bertz CT molecular complexity index is 663. The maximum atomic E-state index is 12.1. The van der Waals surface area contributed by atoms with E-state index in [1.807, 2.05) is 0 Å². The summed E-state index contributed by atoms with van der Waals surface area (Å²) < 4.78 is 28.4. The molecule has 2 aromatic carbocycles. The summed E-state index contributed by atoms with van der Waals surface area (Å²) in [7, 11) is 0. The van der Waals surface area contributed by atoms with Crippen LogP contribution in [0, 0.1) is 0 Å². The van der Waals surface area contributed by atoms with E-state index >= 15 is 0 Å². The zero-order chi connectivity index (χ0) is 15.9. The lowest BCUT2D eigenvalue weighted by Crippen LogP contribution is -2.34. The van der Waals surface area contributed by atoms with Crippen molar-refractivity contribution in [3.8, 4) is 5.75 Å². The summed E-state index contributed by atoms with van der Waals surface area (Å²) in [5, 5.41) is 4.49.